The van der Waals surface area contributed by atoms with E-state index in [-0.39, 0.29) is 0 Å². The van der Waals surface area contributed by atoms with Gasteiger partial charge in [-0.3, -0.25) is 9.11 Å². The zero-order chi connectivity index (χ0) is 12.8. The highest BCUT2D eigenvalue weighted by Crippen LogP contribution is 2.30. The Hall–Kier alpha value is -0.740. The standard InChI is InChI=1S/C7H11NO6S2/c1-5-4-6(15(9,10)11)2-3-7(5,8)16(12,13)14/h2-5H,8H2,1H3,(H,9,10,11)(H,12,13,14). The fourth-order valence-corrected chi connectivity index (χ4v) is 2.68. The number of hydrogen-bond acceptors (Lipinski definition) is 5. The maximum absolute atomic E-state index is 11.0. The lowest BCUT2D eigenvalue weighted by Crippen LogP contribution is -2.51. The van der Waals surface area contributed by atoms with Gasteiger partial charge in [0.15, 0.2) is 4.87 Å². The Bertz CT molecular complexity index is 558. The second kappa shape index (κ2) is 3.64. The van der Waals surface area contributed by atoms with Crippen molar-refractivity contribution in [3.8, 4) is 0 Å². The van der Waals surface area contributed by atoms with Gasteiger partial charge in [-0.05, 0) is 12.2 Å². The summed E-state index contributed by atoms with van der Waals surface area (Å²) in [6.07, 6.45) is 2.63. The number of allylic oxidation sites excluding steroid dienone is 1. The minimum absolute atomic E-state index is 0.454. The average molecular weight is 269 g/mol. The lowest BCUT2D eigenvalue weighted by Gasteiger charge is -2.30. The van der Waals surface area contributed by atoms with Crippen molar-refractivity contribution in [1.82, 2.24) is 0 Å². The van der Waals surface area contributed by atoms with E-state index in [1.807, 2.05) is 0 Å². The first-order valence-corrected chi connectivity index (χ1v) is 7.01. The molecule has 16 heavy (non-hydrogen) atoms. The molecular formula is C7H11NO6S2. The van der Waals surface area contributed by atoms with Crippen LogP contribution in [0.15, 0.2) is 23.1 Å². The Morgan fingerprint density at radius 2 is 1.81 bits per heavy atom. The van der Waals surface area contributed by atoms with Gasteiger partial charge in [0.25, 0.3) is 20.2 Å². The monoisotopic (exact) mass is 269 g/mol. The van der Waals surface area contributed by atoms with Gasteiger partial charge >= 0.3 is 0 Å². The Morgan fingerprint density at radius 3 is 2.12 bits per heavy atom. The van der Waals surface area contributed by atoms with E-state index in [1.165, 1.54) is 6.92 Å². The van der Waals surface area contributed by atoms with Gasteiger partial charge in [-0.1, -0.05) is 13.0 Å². The lowest BCUT2D eigenvalue weighted by atomic mass is 9.97. The molecule has 0 amide bonds. The molecule has 1 rings (SSSR count). The van der Waals surface area contributed by atoms with Crippen LogP contribution in [-0.2, 0) is 20.2 Å². The van der Waals surface area contributed by atoms with Gasteiger partial charge in [-0.15, -0.1) is 0 Å². The molecule has 0 saturated carbocycles. The van der Waals surface area contributed by atoms with Gasteiger partial charge in [0, 0.05) is 5.92 Å². The molecule has 0 aromatic heterocycles. The fourth-order valence-electron chi connectivity index (χ4n) is 1.29. The summed E-state index contributed by atoms with van der Waals surface area (Å²) in [6.45, 7) is 1.31. The van der Waals surface area contributed by atoms with E-state index in [2.05, 4.69) is 0 Å². The van der Waals surface area contributed by atoms with Crippen molar-refractivity contribution in [3.05, 3.63) is 23.1 Å². The Kier molecular flexibility index (Phi) is 3.03. The van der Waals surface area contributed by atoms with Crippen LogP contribution in [0.1, 0.15) is 6.92 Å². The third-order valence-electron chi connectivity index (χ3n) is 2.38. The van der Waals surface area contributed by atoms with Crippen LogP contribution in [0.3, 0.4) is 0 Å². The Labute approximate surface area is 93.1 Å². The molecule has 0 spiro atoms. The van der Waals surface area contributed by atoms with Crippen LogP contribution in [0.5, 0.6) is 0 Å². The van der Waals surface area contributed by atoms with Gasteiger partial charge in [0.1, 0.15) is 0 Å². The maximum Gasteiger partial charge on any atom is 0.294 e. The molecule has 0 aliphatic heterocycles. The number of nitrogens with two attached hydrogens (primary N) is 1. The van der Waals surface area contributed by atoms with E-state index in [0.29, 0.717) is 0 Å². The van der Waals surface area contributed by atoms with Crippen molar-refractivity contribution in [2.24, 2.45) is 11.7 Å². The van der Waals surface area contributed by atoms with Crippen LogP contribution < -0.4 is 5.73 Å². The first-order valence-electron chi connectivity index (χ1n) is 4.13. The summed E-state index contributed by atoms with van der Waals surface area (Å²) in [6, 6.07) is 0. The van der Waals surface area contributed by atoms with E-state index in [9.17, 15) is 16.8 Å². The molecule has 4 N–H and O–H groups in total. The van der Waals surface area contributed by atoms with Crippen LogP contribution in [0.4, 0.5) is 0 Å². The summed E-state index contributed by atoms with van der Waals surface area (Å²) < 4.78 is 61.2. The molecule has 7 nitrogen and oxygen atoms in total. The number of rotatable bonds is 2. The van der Waals surface area contributed by atoms with Gasteiger partial charge in [0.05, 0.1) is 4.91 Å². The molecular weight excluding hydrogens is 258 g/mol. The molecule has 0 bridgehead atoms. The summed E-state index contributed by atoms with van der Waals surface area (Å²) in [5.41, 5.74) is 5.44. The van der Waals surface area contributed by atoms with Crippen molar-refractivity contribution in [2.45, 2.75) is 11.8 Å². The molecule has 0 radical (unpaired) electrons. The molecule has 2 atom stereocenters. The van der Waals surface area contributed by atoms with Crippen molar-refractivity contribution in [2.75, 3.05) is 0 Å². The second-order valence-corrected chi connectivity index (χ2v) is 6.57. The van der Waals surface area contributed by atoms with Crippen molar-refractivity contribution < 1.29 is 25.9 Å². The summed E-state index contributed by atoms with van der Waals surface area (Å²) in [7, 11) is -8.99. The quantitative estimate of drug-likeness (QED) is 0.575. The molecule has 92 valence electrons. The largest absolute Gasteiger partial charge is 0.307 e. The van der Waals surface area contributed by atoms with Crippen LogP contribution in [0.25, 0.3) is 0 Å². The number of hydrogen-bond donors (Lipinski definition) is 3. The third-order valence-corrected chi connectivity index (χ3v) is 4.65. The minimum atomic E-state index is -4.57. The van der Waals surface area contributed by atoms with E-state index < -0.39 is 35.9 Å². The normalized spacial score (nSPS) is 31.2. The zero-order valence-corrected chi connectivity index (χ0v) is 9.86. The van der Waals surface area contributed by atoms with E-state index >= 15 is 0 Å². The zero-order valence-electron chi connectivity index (χ0n) is 8.23. The van der Waals surface area contributed by atoms with E-state index in [4.69, 9.17) is 14.8 Å². The first kappa shape index (κ1) is 13.3. The fraction of sp³-hybridized carbons (Fsp3) is 0.429. The topological polar surface area (TPSA) is 135 Å². The van der Waals surface area contributed by atoms with Crippen LogP contribution in [-0.4, -0.2) is 30.8 Å². The van der Waals surface area contributed by atoms with Gasteiger partial charge in [0.2, 0.25) is 0 Å². The summed E-state index contributed by atoms with van der Waals surface area (Å²) in [4.78, 5) is -2.54. The van der Waals surface area contributed by atoms with Crippen molar-refractivity contribution >= 4 is 20.2 Å². The molecule has 1 aliphatic rings. The van der Waals surface area contributed by atoms with E-state index in [1.54, 1.807) is 0 Å². The van der Waals surface area contributed by atoms with Crippen molar-refractivity contribution in [3.63, 3.8) is 0 Å². The molecule has 2 unspecified atom stereocenters. The minimum Gasteiger partial charge on any atom is -0.307 e. The van der Waals surface area contributed by atoms with Crippen LogP contribution in [0, 0.1) is 5.92 Å². The molecule has 0 heterocycles. The molecule has 0 aromatic carbocycles. The Balaban J connectivity index is 3.28. The smallest absolute Gasteiger partial charge is 0.294 e. The average Bonchev–Trinajstić information content (AvgIpc) is 2.05. The van der Waals surface area contributed by atoms with Crippen molar-refractivity contribution in [1.29, 1.82) is 0 Å². The molecule has 0 saturated heterocycles. The van der Waals surface area contributed by atoms with Gasteiger partial charge in [-0.2, -0.15) is 16.8 Å². The molecule has 0 fully saturated rings. The molecule has 9 heteroatoms. The Morgan fingerprint density at radius 1 is 1.31 bits per heavy atom. The maximum atomic E-state index is 11.0. The highest BCUT2D eigenvalue weighted by molar-refractivity contribution is 7.90. The van der Waals surface area contributed by atoms with E-state index in [0.717, 1.165) is 18.2 Å². The van der Waals surface area contributed by atoms with Gasteiger partial charge < -0.3 is 5.73 Å². The summed E-state index contributed by atoms with van der Waals surface area (Å²) in [5, 5.41) is 0. The highest BCUT2D eigenvalue weighted by atomic mass is 32.2. The lowest BCUT2D eigenvalue weighted by molar-refractivity contribution is 0.417. The SMILES string of the molecule is CC1C=C(S(=O)(=O)O)C=CC1(N)S(=O)(=O)O. The predicted octanol–water partition coefficient (Wildman–Crippen LogP) is -0.493. The first-order chi connectivity index (χ1) is 6.98. The summed E-state index contributed by atoms with van der Waals surface area (Å²) >= 11 is 0. The van der Waals surface area contributed by atoms with Gasteiger partial charge in [-0.25, -0.2) is 0 Å². The summed E-state index contributed by atoms with van der Waals surface area (Å²) in [5.74, 6) is -0.996. The highest BCUT2D eigenvalue weighted by Gasteiger charge is 2.43. The predicted molar refractivity (Wildman–Crippen MR) is 56.4 cm³/mol. The second-order valence-electron chi connectivity index (χ2n) is 3.49. The van der Waals surface area contributed by atoms with Crippen LogP contribution >= 0.6 is 0 Å². The van der Waals surface area contributed by atoms with Crippen LogP contribution in [0.2, 0.25) is 0 Å². The molecule has 1 aliphatic carbocycles. The third kappa shape index (κ3) is 2.18. The molecule has 0 aromatic rings.